The van der Waals surface area contributed by atoms with Crippen LogP contribution in [0.1, 0.15) is 54.5 Å². The Kier molecular flexibility index (Phi) is 7.55. The zero-order valence-corrected chi connectivity index (χ0v) is 18.3. The lowest BCUT2D eigenvalue weighted by atomic mass is 10.1. The van der Waals surface area contributed by atoms with Gasteiger partial charge in [-0.1, -0.05) is 13.8 Å². The Hall–Kier alpha value is -2.68. The van der Waals surface area contributed by atoms with Crippen molar-refractivity contribution in [3.63, 3.8) is 0 Å². The van der Waals surface area contributed by atoms with E-state index >= 15 is 0 Å². The van der Waals surface area contributed by atoms with Crippen LogP contribution in [0.3, 0.4) is 0 Å². The maximum atomic E-state index is 12.3. The molecule has 2 amide bonds. The van der Waals surface area contributed by atoms with Crippen LogP contribution in [-0.4, -0.2) is 33.7 Å². The lowest BCUT2D eigenvalue weighted by molar-refractivity contribution is -0.153. The van der Waals surface area contributed by atoms with Crippen LogP contribution in [0.15, 0.2) is 11.4 Å². The molecule has 0 aliphatic heterocycles. The number of aromatic nitrogens is 2. The van der Waals surface area contributed by atoms with E-state index in [-0.39, 0.29) is 12.0 Å². The topological polar surface area (TPSA) is 116 Å². The summed E-state index contributed by atoms with van der Waals surface area (Å²) in [5.41, 5.74) is 8.47. The van der Waals surface area contributed by atoms with Gasteiger partial charge in [0.25, 0.3) is 11.8 Å². The predicted molar refractivity (Wildman–Crippen MR) is 112 cm³/mol. The third kappa shape index (κ3) is 5.90. The van der Waals surface area contributed by atoms with Gasteiger partial charge in [-0.2, -0.15) is 5.10 Å². The second-order valence-corrected chi connectivity index (χ2v) is 8.29. The fourth-order valence-corrected chi connectivity index (χ4v) is 3.77. The maximum absolute atomic E-state index is 12.3. The number of aryl methyl sites for hydroxylation is 1. The number of primary amides is 1. The number of carbonyl (C=O) groups is 3. The van der Waals surface area contributed by atoms with Crippen molar-refractivity contribution < 1.29 is 19.1 Å². The second kappa shape index (κ2) is 9.69. The summed E-state index contributed by atoms with van der Waals surface area (Å²) in [5, 5.41) is 9.12. The number of amides is 2. The molecule has 1 atom stereocenters. The maximum Gasteiger partial charge on any atom is 0.306 e. The van der Waals surface area contributed by atoms with Gasteiger partial charge < -0.3 is 15.8 Å². The summed E-state index contributed by atoms with van der Waals surface area (Å²) in [4.78, 5) is 35.8. The first-order chi connectivity index (χ1) is 13.6. The number of nitrogens with one attached hydrogen (secondary N) is 1. The van der Waals surface area contributed by atoms with Crippen molar-refractivity contribution in [1.82, 2.24) is 9.78 Å². The molecule has 2 rings (SSSR count). The Morgan fingerprint density at radius 2 is 1.97 bits per heavy atom. The molecule has 0 spiro atoms. The summed E-state index contributed by atoms with van der Waals surface area (Å²) in [7, 11) is 0. The van der Waals surface area contributed by atoms with Gasteiger partial charge in [0.15, 0.2) is 6.10 Å². The first kappa shape index (κ1) is 22.6. The molecule has 0 aliphatic carbocycles. The molecular weight excluding hydrogens is 392 g/mol. The molecule has 0 bridgehead atoms. The van der Waals surface area contributed by atoms with E-state index < -0.39 is 23.9 Å². The van der Waals surface area contributed by atoms with Crippen LogP contribution < -0.4 is 11.1 Å². The summed E-state index contributed by atoms with van der Waals surface area (Å²) >= 11 is 1.18. The molecule has 158 valence electrons. The van der Waals surface area contributed by atoms with Gasteiger partial charge in [0.05, 0.1) is 11.3 Å². The van der Waals surface area contributed by atoms with Crippen LogP contribution in [0.4, 0.5) is 5.00 Å². The molecule has 3 N–H and O–H groups in total. The van der Waals surface area contributed by atoms with E-state index in [0.717, 1.165) is 23.5 Å². The summed E-state index contributed by atoms with van der Waals surface area (Å²) in [5.74, 6) is -1.14. The zero-order valence-electron chi connectivity index (χ0n) is 17.4. The Morgan fingerprint density at radius 1 is 1.28 bits per heavy atom. The molecule has 8 nitrogen and oxygen atoms in total. The van der Waals surface area contributed by atoms with E-state index in [1.54, 1.807) is 5.38 Å². The molecule has 9 heteroatoms. The highest BCUT2D eigenvalue weighted by atomic mass is 32.1. The average Bonchev–Trinajstić information content (AvgIpc) is 3.18. The highest BCUT2D eigenvalue weighted by molar-refractivity contribution is 7.14. The lowest BCUT2D eigenvalue weighted by Crippen LogP contribution is -2.30. The quantitative estimate of drug-likeness (QED) is 0.605. The summed E-state index contributed by atoms with van der Waals surface area (Å²) in [6.07, 6.45) is -0.339. The Bertz CT molecular complexity index is 900. The normalized spacial score (nSPS) is 12.1. The lowest BCUT2D eigenvalue weighted by Gasteiger charge is -2.13. The van der Waals surface area contributed by atoms with Gasteiger partial charge in [-0.3, -0.25) is 19.1 Å². The van der Waals surface area contributed by atoms with Crippen molar-refractivity contribution in [1.29, 1.82) is 0 Å². The molecule has 0 radical (unpaired) electrons. The first-order valence-corrected chi connectivity index (χ1v) is 10.4. The van der Waals surface area contributed by atoms with Crippen molar-refractivity contribution in [2.75, 3.05) is 5.32 Å². The number of hydrogen-bond acceptors (Lipinski definition) is 6. The molecule has 2 heterocycles. The third-order valence-electron chi connectivity index (χ3n) is 4.49. The number of ether oxygens (including phenoxy) is 1. The van der Waals surface area contributed by atoms with Crippen LogP contribution in [0.5, 0.6) is 0 Å². The molecule has 0 aromatic carbocycles. The van der Waals surface area contributed by atoms with E-state index in [2.05, 4.69) is 24.3 Å². The number of rotatable bonds is 9. The fraction of sp³-hybridized carbons (Fsp3) is 0.500. The van der Waals surface area contributed by atoms with E-state index in [1.807, 2.05) is 18.5 Å². The summed E-state index contributed by atoms with van der Waals surface area (Å²) in [6, 6.07) is 1.53. The van der Waals surface area contributed by atoms with Crippen LogP contribution in [0, 0.1) is 19.8 Å². The molecule has 0 aliphatic rings. The Balaban J connectivity index is 1.90. The SMILES string of the molecule is Cc1nn(CC(C)C)c(C)c1CCC(=O)OC(C)C(=O)Nc1sccc1C(N)=O. The highest BCUT2D eigenvalue weighted by Crippen LogP contribution is 2.23. The number of nitrogens with two attached hydrogens (primary N) is 1. The molecule has 0 saturated carbocycles. The second-order valence-electron chi connectivity index (χ2n) is 7.37. The van der Waals surface area contributed by atoms with Crippen molar-refractivity contribution in [3.8, 4) is 0 Å². The smallest absolute Gasteiger partial charge is 0.306 e. The molecule has 0 fully saturated rings. The molecule has 1 unspecified atom stereocenters. The Morgan fingerprint density at radius 3 is 2.59 bits per heavy atom. The largest absolute Gasteiger partial charge is 0.453 e. The minimum atomic E-state index is -0.990. The standard InChI is InChI=1S/C20H28N4O4S/c1-11(2)10-24-13(4)15(12(3)23-24)6-7-17(25)28-14(5)19(27)22-20-16(18(21)26)8-9-29-20/h8-9,11,14H,6-7,10H2,1-5H3,(H2,21,26)(H,22,27). The Labute approximate surface area is 174 Å². The number of carbonyl (C=O) groups excluding carboxylic acids is 3. The minimum absolute atomic E-state index is 0.151. The predicted octanol–water partition coefficient (Wildman–Crippen LogP) is 2.82. The number of hydrogen-bond donors (Lipinski definition) is 2. The molecule has 0 saturated heterocycles. The highest BCUT2D eigenvalue weighted by Gasteiger charge is 2.21. The monoisotopic (exact) mass is 420 g/mol. The van der Waals surface area contributed by atoms with Crippen molar-refractivity contribution in [3.05, 3.63) is 34.0 Å². The van der Waals surface area contributed by atoms with Crippen molar-refractivity contribution in [2.45, 2.75) is 60.1 Å². The van der Waals surface area contributed by atoms with Gasteiger partial charge in [0.1, 0.15) is 5.00 Å². The number of anilines is 1. The van der Waals surface area contributed by atoms with Crippen LogP contribution >= 0.6 is 11.3 Å². The van der Waals surface area contributed by atoms with Crippen molar-refractivity contribution >= 4 is 34.1 Å². The van der Waals surface area contributed by atoms with E-state index in [0.29, 0.717) is 17.3 Å². The zero-order chi connectivity index (χ0) is 21.7. The first-order valence-electron chi connectivity index (χ1n) is 9.50. The van der Waals surface area contributed by atoms with Crippen molar-refractivity contribution in [2.24, 2.45) is 11.7 Å². The van der Waals surface area contributed by atoms with Gasteiger partial charge >= 0.3 is 5.97 Å². The number of nitrogens with zero attached hydrogens (tertiary/aromatic N) is 2. The van der Waals surface area contributed by atoms with E-state index in [9.17, 15) is 14.4 Å². The number of esters is 1. The number of thiophene rings is 1. The van der Waals surface area contributed by atoms with E-state index in [4.69, 9.17) is 10.5 Å². The van der Waals surface area contributed by atoms with Gasteiger partial charge in [0.2, 0.25) is 0 Å². The van der Waals surface area contributed by atoms with E-state index in [1.165, 1.54) is 24.3 Å². The summed E-state index contributed by atoms with van der Waals surface area (Å²) < 4.78 is 7.21. The summed E-state index contributed by atoms with van der Waals surface area (Å²) in [6.45, 7) is 10.5. The van der Waals surface area contributed by atoms with Crippen LogP contribution in [0.2, 0.25) is 0 Å². The minimum Gasteiger partial charge on any atom is -0.453 e. The van der Waals surface area contributed by atoms with Crippen LogP contribution in [-0.2, 0) is 27.3 Å². The third-order valence-corrected chi connectivity index (χ3v) is 5.32. The van der Waals surface area contributed by atoms with Gasteiger partial charge in [-0.15, -0.1) is 11.3 Å². The van der Waals surface area contributed by atoms with Crippen LogP contribution in [0.25, 0.3) is 0 Å². The van der Waals surface area contributed by atoms with Gasteiger partial charge in [0, 0.05) is 18.7 Å². The molecular formula is C20H28N4O4S. The molecule has 2 aromatic rings. The average molecular weight is 421 g/mol. The fourth-order valence-electron chi connectivity index (χ4n) is 2.97. The molecule has 29 heavy (non-hydrogen) atoms. The van der Waals surface area contributed by atoms with Gasteiger partial charge in [-0.25, -0.2) is 0 Å². The van der Waals surface area contributed by atoms with Gasteiger partial charge in [-0.05, 0) is 50.1 Å². The molecule has 2 aromatic heterocycles.